The second kappa shape index (κ2) is 5.30. The minimum Gasteiger partial charge on any atom is -0.481 e. The van der Waals surface area contributed by atoms with Crippen molar-refractivity contribution in [3.05, 3.63) is 38.8 Å². The smallest absolute Gasteiger partial charge is 0.312 e. The zero-order valence-corrected chi connectivity index (χ0v) is 13.4. The zero-order chi connectivity index (χ0) is 14.3. The summed E-state index contributed by atoms with van der Waals surface area (Å²) in [5.74, 6) is -1.20. The van der Waals surface area contributed by atoms with Crippen LogP contribution < -0.4 is 0 Å². The molecule has 1 atom stereocenters. The van der Waals surface area contributed by atoms with Gasteiger partial charge in [-0.05, 0) is 37.8 Å². The van der Waals surface area contributed by atoms with Gasteiger partial charge in [-0.1, -0.05) is 28.1 Å². The number of rotatable bonds is 2. The maximum absolute atomic E-state index is 11.3. The topological polar surface area (TPSA) is 50.2 Å². The van der Waals surface area contributed by atoms with Crippen molar-refractivity contribution in [2.75, 3.05) is 0 Å². The van der Waals surface area contributed by atoms with Crippen LogP contribution in [0.1, 0.15) is 34.9 Å². The summed E-state index contributed by atoms with van der Waals surface area (Å²) in [6, 6.07) is 6.15. The van der Waals surface area contributed by atoms with Crippen molar-refractivity contribution in [1.29, 1.82) is 0 Å². The second-order valence-electron chi connectivity index (χ2n) is 5.09. The molecule has 0 saturated heterocycles. The van der Waals surface area contributed by atoms with Gasteiger partial charge in [0.25, 0.3) is 0 Å². The van der Waals surface area contributed by atoms with Crippen LogP contribution in [0.5, 0.6) is 0 Å². The highest BCUT2D eigenvalue weighted by Crippen LogP contribution is 2.40. The number of fused-ring (bicyclic) bond motifs is 1. The van der Waals surface area contributed by atoms with Crippen LogP contribution in [0, 0.1) is 6.92 Å². The highest BCUT2D eigenvalue weighted by Gasteiger charge is 2.30. The monoisotopic (exact) mass is 351 g/mol. The average Bonchev–Trinajstić information content (AvgIpc) is 2.81. The number of hydrogen-bond acceptors (Lipinski definition) is 3. The molecular formula is C15H14BrNO2S. The lowest BCUT2D eigenvalue weighted by molar-refractivity contribution is -0.139. The third-order valence-electron chi connectivity index (χ3n) is 3.61. The molecule has 0 fully saturated rings. The van der Waals surface area contributed by atoms with Gasteiger partial charge < -0.3 is 5.11 Å². The summed E-state index contributed by atoms with van der Waals surface area (Å²) in [6.07, 6.45) is 2.57. The number of nitrogens with zero attached hydrogens (tertiary/aromatic N) is 1. The standard InChI is InChI=1S/C15H14BrNO2S/c1-8-5-6-9(11(16)7-8)14-17-13-10(15(18)19)3-2-4-12(13)20-14/h5-7,10H,2-4H2,1H3,(H,18,19). The van der Waals surface area contributed by atoms with Gasteiger partial charge in [-0.3, -0.25) is 4.79 Å². The van der Waals surface area contributed by atoms with Crippen molar-refractivity contribution in [1.82, 2.24) is 4.98 Å². The lowest BCUT2D eigenvalue weighted by Crippen LogP contribution is -2.17. The summed E-state index contributed by atoms with van der Waals surface area (Å²) in [7, 11) is 0. The molecule has 1 aromatic carbocycles. The summed E-state index contributed by atoms with van der Waals surface area (Å²) in [5, 5.41) is 10.2. The number of hydrogen-bond donors (Lipinski definition) is 1. The Bertz CT molecular complexity index is 681. The van der Waals surface area contributed by atoms with Gasteiger partial charge >= 0.3 is 5.97 Å². The average molecular weight is 352 g/mol. The highest BCUT2D eigenvalue weighted by molar-refractivity contribution is 9.10. The van der Waals surface area contributed by atoms with Crippen molar-refractivity contribution < 1.29 is 9.90 Å². The number of aromatic nitrogens is 1. The van der Waals surface area contributed by atoms with E-state index in [0.29, 0.717) is 6.42 Å². The van der Waals surface area contributed by atoms with E-state index in [-0.39, 0.29) is 0 Å². The Kier molecular flexibility index (Phi) is 3.65. The van der Waals surface area contributed by atoms with E-state index < -0.39 is 11.9 Å². The Morgan fingerprint density at radius 1 is 1.50 bits per heavy atom. The van der Waals surface area contributed by atoms with Gasteiger partial charge in [0.1, 0.15) is 5.01 Å². The fourth-order valence-corrected chi connectivity index (χ4v) is 4.58. The number of halogens is 1. The number of carbonyl (C=O) groups is 1. The van der Waals surface area contributed by atoms with Gasteiger partial charge in [-0.2, -0.15) is 0 Å². The van der Waals surface area contributed by atoms with E-state index in [1.807, 2.05) is 13.0 Å². The Labute approximate surface area is 129 Å². The highest BCUT2D eigenvalue weighted by atomic mass is 79.9. The third-order valence-corrected chi connectivity index (χ3v) is 5.43. The first kappa shape index (κ1) is 13.8. The maximum atomic E-state index is 11.3. The minimum absolute atomic E-state index is 0.437. The molecule has 1 aliphatic rings. The van der Waals surface area contributed by atoms with E-state index in [4.69, 9.17) is 0 Å². The molecule has 3 rings (SSSR count). The predicted molar refractivity (Wildman–Crippen MR) is 83.3 cm³/mol. The van der Waals surface area contributed by atoms with Crippen LogP contribution in [0.2, 0.25) is 0 Å². The molecule has 0 saturated carbocycles. The summed E-state index contributed by atoms with van der Waals surface area (Å²) in [5.41, 5.74) is 3.00. The molecule has 1 heterocycles. The fraction of sp³-hybridized carbons (Fsp3) is 0.333. The number of carboxylic acid groups (broad SMARTS) is 1. The van der Waals surface area contributed by atoms with E-state index in [0.717, 1.165) is 38.5 Å². The second-order valence-corrected chi connectivity index (χ2v) is 7.03. The molecule has 0 spiro atoms. The van der Waals surface area contributed by atoms with Gasteiger partial charge in [0.2, 0.25) is 0 Å². The maximum Gasteiger partial charge on any atom is 0.312 e. The van der Waals surface area contributed by atoms with Crippen molar-refractivity contribution >= 4 is 33.2 Å². The van der Waals surface area contributed by atoms with Gasteiger partial charge in [0.05, 0.1) is 11.6 Å². The molecule has 0 bridgehead atoms. The lowest BCUT2D eigenvalue weighted by atomic mass is 9.91. The molecule has 1 aliphatic carbocycles. The molecule has 0 radical (unpaired) electrons. The first-order valence-corrected chi connectivity index (χ1v) is 8.16. The molecule has 104 valence electrons. The molecule has 1 unspecified atom stereocenters. The minimum atomic E-state index is -0.759. The van der Waals surface area contributed by atoms with E-state index in [1.165, 1.54) is 5.56 Å². The number of aryl methyl sites for hydroxylation is 2. The SMILES string of the molecule is Cc1ccc(-c2nc3c(s2)CCCC3C(=O)O)c(Br)c1. The Morgan fingerprint density at radius 3 is 3.00 bits per heavy atom. The number of aliphatic carboxylic acids is 1. The Morgan fingerprint density at radius 2 is 2.30 bits per heavy atom. The molecule has 3 nitrogen and oxygen atoms in total. The first-order valence-electron chi connectivity index (χ1n) is 6.55. The van der Waals surface area contributed by atoms with Gasteiger partial charge in [0.15, 0.2) is 0 Å². The summed E-state index contributed by atoms with van der Waals surface area (Å²) < 4.78 is 1.01. The van der Waals surface area contributed by atoms with Crippen LogP contribution >= 0.6 is 27.3 Å². The summed E-state index contributed by atoms with van der Waals surface area (Å²) in [6.45, 7) is 2.04. The molecule has 0 amide bonds. The Hall–Kier alpha value is -1.20. The van der Waals surface area contributed by atoms with Crippen molar-refractivity contribution in [3.63, 3.8) is 0 Å². The molecule has 1 N–H and O–H groups in total. The van der Waals surface area contributed by atoms with Crippen LogP contribution in [0.4, 0.5) is 0 Å². The zero-order valence-electron chi connectivity index (χ0n) is 11.0. The van der Waals surface area contributed by atoms with E-state index in [1.54, 1.807) is 11.3 Å². The van der Waals surface area contributed by atoms with Crippen LogP contribution in [0.25, 0.3) is 10.6 Å². The molecule has 5 heteroatoms. The van der Waals surface area contributed by atoms with Gasteiger partial charge in [-0.15, -0.1) is 11.3 Å². The van der Waals surface area contributed by atoms with E-state index >= 15 is 0 Å². The quantitative estimate of drug-likeness (QED) is 0.872. The number of carboxylic acids is 1. The van der Waals surface area contributed by atoms with Crippen molar-refractivity contribution in [2.45, 2.75) is 32.1 Å². The van der Waals surface area contributed by atoms with E-state index in [9.17, 15) is 9.90 Å². The van der Waals surface area contributed by atoms with Crippen LogP contribution in [0.3, 0.4) is 0 Å². The van der Waals surface area contributed by atoms with Gasteiger partial charge in [0, 0.05) is 14.9 Å². The molecule has 20 heavy (non-hydrogen) atoms. The van der Waals surface area contributed by atoms with Crippen LogP contribution in [-0.4, -0.2) is 16.1 Å². The summed E-state index contributed by atoms with van der Waals surface area (Å²) >= 11 is 5.20. The normalized spacial score (nSPS) is 17.8. The van der Waals surface area contributed by atoms with Gasteiger partial charge in [-0.25, -0.2) is 4.98 Å². The molecular weight excluding hydrogens is 338 g/mol. The first-order chi connectivity index (χ1) is 9.56. The predicted octanol–water partition coefficient (Wildman–Crippen LogP) is 4.39. The van der Waals surface area contributed by atoms with Crippen LogP contribution in [-0.2, 0) is 11.2 Å². The van der Waals surface area contributed by atoms with Crippen LogP contribution in [0.15, 0.2) is 22.7 Å². The molecule has 2 aromatic rings. The van der Waals surface area contributed by atoms with Crippen molar-refractivity contribution in [2.24, 2.45) is 0 Å². The van der Waals surface area contributed by atoms with Crippen molar-refractivity contribution in [3.8, 4) is 10.6 Å². The number of thiazole rings is 1. The lowest BCUT2D eigenvalue weighted by Gasteiger charge is -2.16. The largest absolute Gasteiger partial charge is 0.481 e. The summed E-state index contributed by atoms with van der Waals surface area (Å²) in [4.78, 5) is 17.1. The molecule has 1 aromatic heterocycles. The fourth-order valence-electron chi connectivity index (χ4n) is 2.57. The van der Waals surface area contributed by atoms with E-state index in [2.05, 4.69) is 33.0 Å². The Balaban J connectivity index is 2.07. The third kappa shape index (κ3) is 2.40. The molecule has 0 aliphatic heterocycles. The number of benzene rings is 1.